The summed E-state index contributed by atoms with van der Waals surface area (Å²) >= 11 is 0. The Morgan fingerprint density at radius 3 is 2.10 bits per heavy atom. The van der Waals surface area contributed by atoms with Crippen LogP contribution in [0.3, 0.4) is 0 Å². The maximum Gasteiger partial charge on any atom is 0.251 e. The quantitative estimate of drug-likeness (QED) is 0.864. The number of anilines is 1. The number of hydrogen-bond acceptors (Lipinski definition) is 3. The number of hydrogen-bond donors (Lipinski definition) is 1. The van der Waals surface area contributed by atoms with E-state index in [1.165, 1.54) is 0 Å². The van der Waals surface area contributed by atoms with Crippen LogP contribution in [-0.2, 0) is 0 Å². The minimum Gasteiger partial charge on any atom is -0.378 e. The molecule has 0 saturated carbocycles. The van der Waals surface area contributed by atoms with Gasteiger partial charge in [0, 0.05) is 38.4 Å². The van der Waals surface area contributed by atoms with Gasteiger partial charge in [-0.25, -0.2) is 0 Å². The molecule has 0 fully saturated rings. The summed E-state index contributed by atoms with van der Waals surface area (Å²) in [4.78, 5) is 16.3. The molecule has 4 nitrogen and oxygen atoms in total. The van der Waals surface area contributed by atoms with Crippen LogP contribution in [0.1, 0.15) is 24.2 Å². The average molecular weight is 277 g/mol. The van der Waals surface area contributed by atoms with Crippen LogP contribution in [0.15, 0.2) is 24.3 Å². The molecule has 1 rings (SSSR count). The molecule has 1 aromatic rings. The minimum atomic E-state index is -0.0119. The second-order valence-corrected chi connectivity index (χ2v) is 6.53. The van der Waals surface area contributed by atoms with Crippen LogP contribution in [0, 0.1) is 5.41 Å². The summed E-state index contributed by atoms with van der Waals surface area (Å²) in [7, 11) is 8.06. The fourth-order valence-electron chi connectivity index (χ4n) is 2.24. The Hall–Kier alpha value is -1.55. The number of benzene rings is 1. The first-order valence-electron chi connectivity index (χ1n) is 6.91. The van der Waals surface area contributed by atoms with Crippen molar-refractivity contribution in [3.63, 3.8) is 0 Å². The molecular formula is C16H27N3O. The highest BCUT2D eigenvalue weighted by atomic mass is 16.1. The van der Waals surface area contributed by atoms with Gasteiger partial charge in [-0.05, 0) is 43.8 Å². The molecule has 0 radical (unpaired) electrons. The number of amides is 1. The van der Waals surface area contributed by atoms with Crippen molar-refractivity contribution in [2.45, 2.75) is 13.8 Å². The number of nitrogens with one attached hydrogen (secondary N) is 1. The van der Waals surface area contributed by atoms with Crippen LogP contribution in [-0.4, -0.2) is 52.1 Å². The molecule has 20 heavy (non-hydrogen) atoms. The van der Waals surface area contributed by atoms with Gasteiger partial charge in [0.25, 0.3) is 5.91 Å². The van der Waals surface area contributed by atoms with Crippen molar-refractivity contribution >= 4 is 11.6 Å². The first-order chi connectivity index (χ1) is 9.21. The fourth-order valence-corrected chi connectivity index (χ4v) is 2.24. The molecule has 0 heterocycles. The first-order valence-corrected chi connectivity index (χ1v) is 6.91. The van der Waals surface area contributed by atoms with E-state index < -0.39 is 0 Å². The Morgan fingerprint density at radius 2 is 1.65 bits per heavy atom. The van der Waals surface area contributed by atoms with E-state index in [4.69, 9.17) is 0 Å². The van der Waals surface area contributed by atoms with E-state index in [1.54, 1.807) is 0 Å². The second-order valence-electron chi connectivity index (χ2n) is 6.53. The van der Waals surface area contributed by atoms with Crippen molar-refractivity contribution < 1.29 is 4.79 Å². The number of nitrogens with zero attached hydrogens (tertiary/aromatic N) is 2. The minimum absolute atomic E-state index is 0.0119. The Labute approximate surface area is 122 Å². The second kappa shape index (κ2) is 6.75. The molecule has 0 aromatic heterocycles. The zero-order valence-electron chi connectivity index (χ0n) is 13.5. The third-order valence-corrected chi connectivity index (χ3v) is 3.12. The lowest BCUT2D eigenvalue weighted by atomic mass is 9.93. The molecule has 0 saturated heterocycles. The summed E-state index contributed by atoms with van der Waals surface area (Å²) in [6, 6.07) is 7.65. The molecule has 0 aliphatic heterocycles. The van der Waals surface area contributed by atoms with Gasteiger partial charge in [0.2, 0.25) is 0 Å². The Bertz CT molecular complexity index is 436. The Kier molecular flexibility index (Phi) is 5.57. The first kappa shape index (κ1) is 16.5. The maximum absolute atomic E-state index is 12.1. The fraction of sp³-hybridized carbons (Fsp3) is 0.562. The maximum atomic E-state index is 12.1. The summed E-state index contributed by atoms with van der Waals surface area (Å²) in [5.41, 5.74) is 1.86. The summed E-state index contributed by atoms with van der Waals surface area (Å²) in [5, 5.41) is 3.01. The molecule has 1 amide bonds. The normalized spacial score (nSPS) is 11.6. The number of carbonyl (C=O) groups is 1. The van der Waals surface area contributed by atoms with Gasteiger partial charge < -0.3 is 15.1 Å². The van der Waals surface area contributed by atoms with Gasteiger partial charge >= 0.3 is 0 Å². The highest BCUT2D eigenvalue weighted by molar-refractivity contribution is 5.94. The number of carbonyl (C=O) groups excluding carboxylic acids is 1. The molecule has 0 spiro atoms. The molecule has 0 aliphatic rings. The highest BCUT2D eigenvalue weighted by Gasteiger charge is 2.20. The lowest BCUT2D eigenvalue weighted by Gasteiger charge is -2.28. The van der Waals surface area contributed by atoms with E-state index in [0.29, 0.717) is 12.1 Å². The largest absolute Gasteiger partial charge is 0.378 e. The zero-order valence-corrected chi connectivity index (χ0v) is 13.5. The van der Waals surface area contributed by atoms with Crippen molar-refractivity contribution in [2.75, 3.05) is 46.2 Å². The molecule has 0 aliphatic carbocycles. The predicted molar refractivity (Wildman–Crippen MR) is 85.4 cm³/mol. The highest BCUT2D eigenvalue weighted by Crippen LogP contribution is 2.15. The van der Waals surface area contributed by atoms with Gasteiger partial charge in [0.1, 0.15) is 0 Å². The van der Waals surface area contributed by atoms with Crippen LogP contribution < -0.4 is 10.2 Å². The smallest absolute Gasteiger partial charge is 0.251 e. The Morgan fingerprint density at radius 1 is 1.10 bits per heavy atom. The van der Waals surface area contributed by atoms with E-state index in [1.807, 2.05) is 57.4 Å². The Balaban J connectivity index is 2.58. The molecule has 1 N–H and O–H groups in total. The van der Waals surface area contributed by atoms with Crippen LogP contribution >= 0.6 is 0 Å². The van der Waals surface area contributed by atoms with Gasteiger partial charge in [0.15, 0.2) is 0 Å². The molecule has 0 unspecified atom stereocenters. The van der Waals surface area contributed by atoms with Crippen molar-refractivity contribution in [3.8, 4) is 0 Å². The molecular weight excluding hydrogens is 250 g/mol. The van der Waals surface area contributed by atoms with Gasteiger partial charge in [-0.3, -0.25) is 4.79 Å². The van der Waals surface area contributed by atoms with E-state index in [2.05, 4.69) is 24.1 Å². The SMILES string of the molecule is CN(C)CC(C)(C)CNC(=O)c1ccc(N(C)C)cc1. The summed E-state index contributed by atoms with van der Waals surface area (Å²) < 4.78 is 0. The molecule has 1 aromatic carbocycles. The van der Waals surface area contributed by atoms with Crippen LogP contribution in [0.4, 0.5) is 5.69 Å². The lowest BCUT2D eigenvalue weighted by Crippen LogP contribution is -2.39. The molecule has 0 atom stereocenters. The van der Waals surface area contributed by atoms with Gasteiger partial charge in [-0.15, -0.1) is 0 Å². The molecule has 4 heteroatoms. The average Bonchev–Trinajstić information content (AvgIpc) is 2.34. The third kappa shape index (κ3) is 5.21. The van der Waals surface area contributed by atoms with E-state index in [9.17, 15) is 4.79 Å². The van der Waals surface area contributed by atoms with Crippen LogP contribution in [0.2, 0.25) is 0 Å². The molecule has 0 bridgehead atoms. The van der Waals surface area contributed by atoms with Crippen molar-refractivity contribution in [1.82, 2.24) is 10.2 Å². The van der Waals surface area contributed by atoms with E-state index in [-0.39, 0.29) is 11.3 Å². The van der Waals surface area contributed by atoms with Crippen molar-refractivity contribution in [2.24, 2.45) is 5.41 Å². The summed E-state index contributed by atoms with van der Waals surface area (Å²) in [6.45, 7) is 5.91. The number of rotatable bonds is 6. The molecule has 112 valence electrons. The van der Waals surface area contributed by atoms with Gasteiger partial charge in [-0.1, -0.05) is 13.8 Å². The summed E-state index contributed by atoms with van der Waals surface area (Å²) in [6.07, 6.45) is 0. The van der Waals surface area contributed by atoms with Crippen LogP contribution in [0.25, 0.3) is 0 Å². The van der Waals surface area contributed by atoms with Gasteiger partial charge in [0.05, 0.1) is 0 Å². The van der Waals surface area contributed by atoms with Crippen molar-refractivity contribution in [3.05, 3.63) is 29.8 Å². The predicted octanol–water partition coefficient (Wildman–Crippen LogP) is 2.07. The van der Waals surface area contributed by atoms with E-state index >= 15 is 0 Å². The van der Waals surface area contributed by atoms with Gasteiger partial charge in [-0.2, -0.15) is 0 Å². The summed E-state index contributed by atoms with van der Waals surface area (Å²) in [5.74, 6) is -0.0119. The van der Waals surface area contributed by atoms with Crippen LogP contribution in [0.5, 0.6) is 0 Å². The zero-order chi connectivity index (χ0) is 15.3. The monoisotopic (exact) mass is 277 g/mol. The van der Waals surface area contributed by atoms with Crippen molar-refractivity contribution in [1.29, 1.82) is 0 Å². The third-order valence-electron chi connectivity index (χ3n) is 3.12. The lowest BCUT2D eigenvalue weighted by molar-refractivity contribution is 0.0929. The standard InChI is InChI=1S/C16H27N3O/c1-16(2,12-18(3)4)11-17-15(20)13-7-9-14(10-8-13)19(5)6/h7-10H,11-12H2,1-6H3,(H,17,20). The van der Waals surface area contributed by atoms with E-state index in [0.717, 1.165) is 12.2 Å². The topological polar surface area (TPSA) is 35.6 Å².